The molecule has 0 saturated carbocycles. The Labute approximate surface area is 90.0 Å². The van der Waals surface area contributed by atoms with E-state index in [2.05, 4.69) is 5.32 Å². The molecule has 1 rings (SSSR count). The van der Waals surface area contributed by atoms with Crippen molar-refractivity contribution in [3.8, 4) is 0 Å². The van der Waals surface area contributed by atoms with Gasteiger partial charge in [-0.15, -0.1) is 0 Å². The number of nitrogens with one attached hydrogen (secondary N) is 1. The lowest BCUT2D eigenvalue weighted by Crippen LogP contribution is -2.16. The predicted octanol–water partition coefficient (Wildman–Crippen LogP) is 1.58. The highest BCUT2D eigenvalue weighted by Gasteiger charge is 2.04. The summed E-state index contributed by atoms with van der Waals surface area (Å²) in [5, 5.41) is 1.88. The Balaban J connectivity index is 2.44. The summed E-state index contributed by atoms with van der Waals surface area (Å²) < 4.78 is 12.5. The van der Waals surface area contributed by atoms with E-state index in [9.17, 15) is 14.0 Å². The van der Waals surface area contributed by atoms with Crippen LogP contribution in [0.3, 0.4) is 0 Å². The van der Waals surface area contributed by atoms with Crippen molar-refractivity contribution < 1.29 is 14.0 Å². The highest BCUT2D eigenvalue weighted by molar-refractivity contribution is 8.14. The number of amides is 2. The fourth-order valence-electron chi connectivity index (χ4n) is 0.867. The first-order valence-corrected chi connectivity index (χ1v) is 5.04. The number of hydrogen-bond acceptors (Lipinski definition) is 3. The molecule has 0 fully saturated rings. The van der Waals surface area contributed by atoms with Gasteiger partial charge in [0.1, 0.15) is 5.82 Å². The molecule has 1 aromatic carbocycles. The number of benzene rings is 1. The van der Waals surface area contributed by atoms with Crippen molar-refractivity contribution in [1.82, 2.24) is 0 Å². The van der Waals surface area contributed by atoms with Crippen LogP contribution in [-0.4, -0.2) is 16.9 Å². The van der Waals surface area contributed by atoms with E-state index in [-0.39, 0.29) is 17.5 Å². The average Bonchev–Trinajstić information content (AvgIpc) is 2.19. The van der Waals surface area contributed by atoms with Gasteiger partial charge < -0.3 is 11.1 Å². The molecule has 0 saturated heterocycles. The molecule has 0 atom stereocenters. The van der Waals surface area contributed by atoms with Crippen LogP contribution in [0.2, 0.25) is 0 Å². The number of thioether (sulfide) groups is 1. The van der Waals surface area contributed by atoms with Crippen molar-refractivity contribution in [2.45, 2.75) is 0 Å². The summed E-state index contributed by atoms with van der Waals surface area (Å²) in [6.07, 6.45) is 0. The molecule has 15 heavy (non-hydrogen) atoms. The Morgan fingerprint density at radius 2 is 1.93 bits per heavy atom. The topological polar surface area (TPSA) is 72.2 Å². The Morgan fingerprint density at radius 3 is 2.47 bits per heavy atom. The van der Waals surface area contributed by atoms with Crippen molar-refractivity contribution in [2.24, 2.45) is 5.73 Å². The smallest absolute Gasteiger partial charge is 0.276 e. The third-order valence-corrected chi connectivity index (χ3v) is 2.16. The van der Waals surface area contributed by atoms with Gasteiger partial charge in [-0.3, -0.25) is 9.59 Å². The first kappa shape index (κ1) is 11.5. The van der Waals surface area contributed by atoms with Gasteiger partial charge >= 0.3 is 0 Å². The van der Waals surface area contributed by atoms with Crippen LogP contribution in [0.5, 0.6) is 0 Å². The molecule has 1 aromatic rings. The minimum Gasteiger partial charge on any atom is -0.361 e. The molecule has 6 heteroatoms. The summed E-state index contributed by atoms with van der Waals surface area (Å²) in [4.78, 5) is 21.5. The van der Waals surface area contributed by atoms with E-state index in [4.69, 9.17) is 5.73 Å². The molecule has 4 nitrogen and oxygen atoms in total. The van der Waals surface area contributed by atoms with Crippen molar-refractivity contribution in [3.63, 3.8) is 0 Å². The van der Waals surface area contributed by atoms with Gasteiger partial charge in [-0.05, 0) is 24.3 Å². The molecule has 0 aliphatic carbocycles. The highest BCUT2D eigenvalue weighted by Crippen LogP contribution is 2.09. The molecular formula is C9H9FN2O2S. The number of halogens is 1. The van der Waals surface area contributed by atoms with E-state index in [0.717, 1.165) is 0 Å². The zero-order chi connectivity index (χ0) is 11.3. The lowest BCUT2D eigenvalue weighted by Gasteiger charge is -2.03. The van der Waals surface area contributed by atoms with Gasteiger partial charge in [0, 0.05) is 5.69 Å². The number of primary amides is 1. The molecule has 80 valence electrons. The van der Waals surface area contributed by atoms with Crippen LogP contribution in [0.1, 0.15) is 0 Å². The maximum Gasteiger partial charge on any atom is 0.276 e. The number of hydrogen-bond donors (Lipinski definition) is 2. The fourth-order valence-corrected chi connectivity index (χ4v) is 1.21. The summed E-state index contributed by atoms with van der Waals surface area (Å²) in [6.45, 7) is 0. The van der Waals surface area contributed by atoms with E-state index in [1.54, 1.807) is 0 Å². The van der Waals surface area contributed by atoms with Crippen LogP contribution in [0.25, 0.3) is 0 Å². The summed E-state index contributed by atoms with van der Waals surface area (Å²) in [5.41, 5.74) is 5.33. The average molecular weight is 228 g/mol. The van der Waals surface area contributed by atoms with E-state index in [1.165, 1.54) is 24.3 Å². The van der Waals surface area contributed by atoms with Crippen LogP contribution >= 0.6 is 11.8 Å². The van der Waals surface area contributed by atoms with E-state index >= 15 is 0 Å². The second-order valence-corrected chi connectivity index (χ2v) is 3.64. The zero-order valence-electron chi connectivity index (χ0n) is 7.70. The SMILES string of the molecule is NC(=O)SCC(=O)Nc1ccc(F)cc1. The molecule has 0 radical (unpaired) electrons. The molecule has 0 aliphatic heterocycles. The maximum atomic E-state index is 12.5. The minimum absolute atomic E-state index is 0.0489. The molecule has 0 bridgehead atoms. The standard InChI is InChI=1S/C9H9FN2O2S/c10-6-1-3-7(4-2-6)12-8(13)5-15-9(11)14/h1-4H,5H2,(H2,11,14)(H,12,13). The quantitative estimate of drug-likeness (QED) is 0.824. The van der Waals surface area contributed by atoms with Crippen molar-refractivity contribution >= 4 is 28.6 Å². The number of anilines is 1. The first-order valence-electron chi connectivity index (χ1n) is 4.05. The number of nitrogens with two attached hydrogens (primary N) is 1. The van der Waals surface area contributed by atoms with Gasteiger partial charge in [-0.25, -0.2) is 4.39 Å². The van der Waals surface area contributed by atoms with E-state index in [1.807, 2.05) is 0 Å². The third-order valence-electron chi connectivity index (χ3n) is 1.47. The van der Waals surface area contributed by atoms with Crippen molar-refractivity contribution in [1.29, 1.82) is 0 Å². The van der Waals surface area contributed by atoms with E-state index in [0.29, 0.717) is 17.4 Å². The highest BCUT2D eigenvalue weighted by atomic mass is 32.2. The molecule has 0 heterocycles. The Bertz CT molecular complexity index is 367. The van der Waals surface area contributed by atoms with Crippen molar-refractivity contribution in [3.05, 3.63) is 30.1 Å². The summed E-state index contributed by atoms with van der Waals surface area (Å²) in [6, 6.07) is 5.33. The monoisotopic (exact) mass is 228 g/mol. The Morgan fingerprint density at radius 1 is 1.33 bits per heavy atom. The van der Waals surface area contributed by atoms with Crippen molar-refractivity contribution in [2.75, 3.05) is 11.1 Å². The van der Waals surface area contributed by atoms with Crippen LogP contribution in [-0.2, 0) is 4.79 Å². The van der Waals surface area contributed by atoms with Gasteiger partial charge in [-0.2, -0.15) is 0 Å². The summed E-state index contributed by atoms with van der Waals surface area (Å²) in [5.74, 6) is -0.780. The maximum absolute atomic E-state index is 12.5. The van der Waals surface area contributed by atoms with Crippen LogP contribution in [0.4, 0.5) is 14.9 Å². The lowest BCUT2D eigenvalue weighted by atomic mass is 10.3. The summed E-state index contributed by atoms with van der Waals surface area (Å²) >= 11 is 0.715. The van der Waals surface area contributed by atoms with Gasteiger partial charge in [-0.1, -0.05) is 11.8 Å². The van der Waals surface area contributed by atoms with Crippen LogP contribution in [0, 0.1) is 5.82 Å². The fraction of sp³-hybridized carbons (Fsp3) is 0.111. The second kappa shape index (κ2) is 5.35. The van der Waals surface area contributed by atoms with Gasteiger partial charge in [0.15, 0.2) is 0 Å². The largest absolute Gasteiger partial charge is 0.361 e. The Kier molecular flexibility index (Phi) is 4.11. The van der Waals surface area contributed by atoms with Crippen LogP contribution in [0.15, 0.2) is 24.3 Å². The normalized spacial score (nSPS) is 9.67. The number of carbonyl (C=O) groups is 2. The molecule has 3 N–H and O–H groups in total. The molecule has 2 amide bonds. The minimum atomic E-state index is -0.607. The molecule has 0 spiro atoms. The second-order valence-electron chi connectivity index (χ2n) is 2.66. The van der Waals surface area contributed by atoms with Gasteiger partial charge in [0.05, 0.1) is 5.75 Å². The molecule has 0 unspecified atom stereocenters. The van der Waals surface area contributed by atoms with Crippen LogP contribution < -0.4 is 11.1 Å². The number of rotatable bonds is 3. The molecule has 0 aromatic heterocycles. The first-order chi connectivity index (χ1) is 7.08. The van der Waals surface area contributed by atoms with E-state index < -0.39 is 5.24 Å². The third kappa shape index (κ3) is 4.46. The Hall–Kier alpha value is -1.56. The van der Waals surface area contributed by atoms with Gasteiger partial charge in [0.25, 0.3) is 5.24 Å². The lowest BCUT2D eigenvalue weighted by molar-refractivity contribution is -0.113. The van der Waals surface area contributed by atoms with Gasteiger partial charge in [0.2, 0.25) is 5.91 Å². The molecule has 0 aliphatic rings. The predicted molar refractivity (Wildman–Crippen MR) is 57.1 cm³/mol. The number of carbonyl (C=O) groups excluding carboxylic acids is 2. The summed E-state index contributed by atoms with van der Waals surface area (Å²) in [7, 11) is 0. The molecular weight excluding hydrogens is 219 g/mol. The zero-order valence-corrected chi connectivity index (χ0v) is 8.51.